The van der Waals surface area contributed by atoms with Gasteiger partial charge in [-0.25, -0.2) is 0 Å². The molecule has 0 amide bonds. The average Bonchev–Trinajstić information content (AvgIpc) is 2.54. The molecular weight excluding hydrogens is 354 g/mol. The Labute approximate surface area is 147 Å². The molecule has 2 aromatic carbocycles. The van der Waals surface area contributed by atoms with Crippen molar-refractivity contribution in [3.05, 3.63) is 58.1 Å². The molecule has 0 saturated carbocycles. The van der Waals surface area contributed by atoms with Gasteiger partial charge in [0.2, 0.25) is 0 Å². The maximum absolute atomic E-state index is 5.97. The molecule has 4 heteroatoms. The van der Waals surface area contributed by atoms with Crippen LogP contribution in [0.4, 0.5) is 0 Å². The van der Waals surface area contributed by atoms with Crippen molar-refractivity contribution in [3.63, 3.8) is 0 Å². The normalized spacial score (nSPS) is 10.8. The predicted octanol–water partition coefficient (Wildman–Crippen LogP) is 4.53. The molecule has 0 unspecified atom stereocenters. The molecule has 23 heavy (non-hydrogen) atoms. The number of hydrogen-bond donors (Lipinski definition) is 0. The zero-order valence-corrected chi connectivity index (χ0v) is 15.6. The predicted molar refractivity (Wildman–Crippen MR) is 98.3 cm³/mol. The highest BCUT2D eigenvalue weighted by Crippen LogP contribution is 2.29. The highest BCUT2D eigenvalue weighted by molar-refractivity contribution is 9.10. The summed E-state index contributed by atoms with van der Waals surface area (Å²) < 4.78 is 12.5. The first kappa shape index (κ1) is 17.8. The molecule has 0 heterocycles. The van der Waals surface area contributed by atoms with E-state index in [1.807, 2.05) is 18.2 Å². The van der Waals surface area contributed by atoms with Crippen LogP contribution in [0, 0.1) is 0 Å². The lowest BCUT2D eigenvalue weighted by Crippen LogP contribution is -2.13. The highest BCUT2D eigenvalue weighted by atomic mass is 79.9. The standard InChI is InChI=1S/C19H24BrNO2/c1-21(2)12-4-5-15-8-11-18(22-3)19(13-15)23-14-16-6-9-17(20)10-7-16/h6-11,13H,4-5,12,14H2,1-3H3. The molecule has 3 nitrogen and oxygen atoms in total. The maximum atomic E-state index is 5.97. The van der Waals surface area contributed by atoms with Gasteiger partial charge in [-0.1, -0.05) is 34.1 Å². The van der Waals surface area contributed by atoms with Crippen LogP contribution in [0.25, 0.3) is 0 Å². The lowest BCUT2D eigenvalue weighted by atomic mass is 10.1. The molecule has 0 saturated heterocycles. The van der Waals surface area contributed by atoms with Gasteiger partial charge < -0.3 is 14.4 Å². The second-order valence-corrected chi connectivity index (χ2v) is 6.72. The van der Waals surface area contributed by atoms with Gasteiger partial charge in [0.15, 0.2) is 11.5 Å². The monoisotopic (exact) mass is 377 g/mol. The Morgan fingerprint density at radius 2 is 1.65 bits per heavy atom. The van der Waals surface area contributed by atoms with Gasteiger partial charge in [-0.05, 0) is 68.9 Å². The minimum atomic E-state index is 0.533. The fourth-order valence-electron chi connectivity index (χ4n) is 2.33. The number of nitrogens with zero attached hydrogens (tertiary/aromatic N) is 1. The van der Waals surface area contributed by atoms with E-state index in [9.17, 15) is 0 Å². The summed E-state index contributed by atoms with van der Waals surface area (Å²) in [7, 11) is 5.87. The summed E-state index contributed by atoms with van der Waals surface area (Å²) in [6.07, 6.45) is 2.17. The van der Waals surface area contributed by atoms with Crippen LogP contribution >= 0.6 is 15.9 Å². The number of ether oxygens (including phenoxy) is 2. The molecule has 0 radical (unpaired) electrons. The first-order valence-corrected chi connectivity index (χ1v) is 8.56. The Bertz CT molecular complexity index is 611. The minimum Gasteiger partial charge on any atom is -0.493 e. The number of aryl methyl sites for hydroxylation is 1. The van der Waals surface area contributed by atoms with Crippen molar-refractivity contribution in [1.82, 2.24) is 4.90 Å². The third-order valence-corrected chi connectivity index (χ3v) is 4.14. The first-order chi connectivity index (χ1) is 11.1. The van der Waals surface area contributed by atoms with Crippen LogP contribution in [-0.2, 0) is 13.0 Å². The second-order valence-electron chi connectivity index (χ2n) is 5.81. The van der Waals surface area contributed by atoms with Gasteiger partial charge >= 0.3 is 0 Å². The molecule has 2 rings (SSSR count). The van der Waals surface area contributed by atoms with Crippen molar-refractivity contribution >= 4 is 15.9 Å². The quantitative estimate of drug-likeness (QED) is 0.674. The lowest BCUT2D eigenvalue weighted by Gasteiger charge is -2.13. The number of benzene rings is 2. The van der Waals surface area contributed by atoms with Crippen LogP contribution < -0.4 is 9.47 Å². The molecule has 124 valence electrons. The van der Waals surface area contributed by atoms with Crippen molar-refractivity contribution in [2.45, 2.75) is 19.4 Å². The lowest BCUT2D eigenvalue weighted by molar-refractivity contribution is 0.284. The molecule has 0 bridgehead atoms. The van der Waals surface area contributed by atoms with Crippen molar-refractivity contribution < 1.29 is 9.47 Å². The summed E-state index contributed by atoms with van der Waals surface area (Å²) in [6.45, 7) is 1.62. The van der Waals surface area contributed by atoms with E-state index in [1.54, 1.807) is 7.11 Å². The minimum absolute atomic E-state index is 0.533. The maximum Gasteiger partial charge on any atom is 0.161 e. The van der Waals surface area contributed by atoms with E-state index >= 15 is 0 Å². The molecule has 0 N–H and O–H groups in total. The van der Waals surface area contributed by atoms with Gasteiger partial charge in [0.1, 0.15) is 6.61 Å². The van der Waals surface area contributed by atoms with Crippen LogP contribution in [0.2, 0.25) is 0 Å². The van der Waals surface area contributed by atoms with Crippen LogP contribution in [-0.4, -0.2) is 32.6 Å². The summed E-state index contributed by atoms with van der Waals surface area (Å²) in [5.41, 5.74) is 2.41. The van der Waals surface area contributed by atoms with Crippen molar-refractivity contribution in [2.24, 2.45) is 0 Å². The fraction of sp³-hybridized carbons (Fsp3) is 0.368. The molecule has 0 atom stereocenters. The third kappa shape index (κ3) is 5.88. The summed E-state index contributed by atoms with van der Waals surface area (Å²) in [4.78, 5) is 2.20. The molecular formula is C19H24BrNO2. The Balaban J connectivity index is 2.01. The number of rotatable bonds is 8. The van der Waals surface area contributed by atoms with Gasteiger partial charge in [-0.2, -0.15) is 0 Å². The highest BCUT2D eigenvalue weighted by Gasteiger charge is 2.07. The van der Waals surface area contributed by atoms with E-state index in [4.69, 9.17) is 9.47 Å². The molecule has 0 aliphatic carbocycles. The second kappa shape index (κ2) is 8.94. The van der Waals surface area contributed by atoms with Crippen molar-refractivity contribution in [1.29, 1.82) is 0 Å². The van der Waals surface area contributed by atoms with Gasteiger partial charge in [0, 0.05) is 4.47 Å². The number of halogens is 1. The zero-order chi connectivity index (χ0) is 16.7. The van der Waals surface area contributed by atoms with Crippen LogP contribution in [0.3, 0.4) is 0 Å². The van der Waals surface area contributed by atoms with Gasteiger partial charge in [0.25, 0.3) is 0 Å². The van der Waals surface area contributed by atoms with E-state index in [1.165, 1.54) is 5.56 Å². The molecule has 0 fully saturated rings. The summed E-state index contributed by atoms with van der Waals surface area (Å²) >= 11 is 3.44. The smallest absolute Gasteiger partial charge is 0.161 e. The van der Waals surface area contributed by atoms with Crippen LogP contribution in [0.5, 0.6) is 11.5 Å². The largest absolute Gasteiger partial charge is 0.493 e. The van der Waals surface area contributed by atoms with E-state index in [2.05, 4.69) is 59.2 Å². The van der Waals surface area contributed by atoms with Gasteiger partial charge in [-0.3, -0.25) is 0 Å². The van der Waals surface area contributed by atoms with E-state index in [0.717, 1.165) is 40.9 Å². The van der Waals surface area contributed by atoms with Crippen molar-refractivity contribution in [2.75, 3.05) is 27.7 Å². The number of methoxy groups -OCH3 is 1. The molecule has 0 spiro atoms. The fourth-order valence-corrected chi connectivity index (χ4v) is 2.59. The van der Waals surface area contributed by atoms with Crippen molar-refractivity contribution in [3.8, 4) is 11.5 Å². The van der Waals surface area contributed by atoms with Crippen LogP contribution in [0.1, 0.15) is 17.5 Å². The topological polar surface area (TPSA) is 21.7 Å². The zero-order valence-electron chi connectivity index (χ0n) is 14.0. The summed E-state index contributed by atoms with van der Waals surface area (Å²) in [5.74, 6) is 1.58. The van der Waals surface area contributed by atoms with Gasteiger partial charge in [0.05, 0.1) is 7.11 Å². The van der Waals surface area contributed by atoms with E-state index < -0.39 is 0 Å². The SMILES string of the molecule is COc1ccc(CCCN(C)C)cc1OCc1ccc(Br)cc1. The molecule has 0 aromatic heterocycles. The van der Waals surface area contributed by atoms with E-state index in [0.29, 0.717) is 6.61 Å². The molecule has 2 aromatic rings. The molecule has 0 aliphatic rings. The first-order valence-electron chi connectivity index (χ1n) is 7.77. The number of hydrogen-bond acceptors (Lipinski definition) is 3. The average molecular weight is 378 g/mol. The molecule has 0 aliphatic heterocycles. The van der Waals surface area contributed by atoms with E-state index in [-0.39, 0.29) is 0 Å². The third-order valence-electron chi connectivity index (χ3n) is 3.61. The summed E-state index contributed by atoms with van der Waals surface area (Å²) in [6, 6.07) is 14.3. The van der Waals surface area contributed by atoms with Crippen LogP contribution in [0.15, 0.2) is 46.9 Å². The Morgan fingerprint density at radius 3 is 2.30 bits per heavy atom. The Kier molecular flexibility index (Phi) is 6.93. The summed E-state index contributed by atoms with van der Waals surface area (Å²) in [5, 5.41) is 0. The Morgan fingerprint density at radius 1 is 0.957 bits per heavy atom. The Hall–Kier alpha value is -1.52. The van der Waals surface area contributed by atoms with Gasteiger partial charge in [-0.15, -0.1) is 0 Å².